The van der Waals surface area contributed by atoms with Crippen molar-refractivity contribution in [1.82, 2.24) is 0 Å². The Balaban J connectivity index is 0. The van der Waals surface area contributed by atoms with Crippen LogP contribution in [0.15, 0.2) is 25.7 Å². The van der Waals surface area contributed by atoms with Crippen molar-refractivity contribution in [2.45, 2.75) is 90.9 Å². The molecule has 0 saturated carbocycles. The summed E-state index contributed by atoms with van der Waals surface area (Å²) < 4.78 is 9.05. The molecule has 0 saturated heterocycles. The second-order valence-electron chi connectivity index (χ2n) is 5.64. The average Bonchev–Trinajstić information content (AvgIpc) is 2.55. The minimum atomic E-state index is -0.206. The molecule has 4 nitrogen and oxygen atoms in total. The van der Waals surface area contributed by atoms with Crippen LogP contribution in [0.1, 0.15) is 90.9 Å². The van der Waals surface area contributed by atoms with E-state index in [2.05, 4.69) is 29.6 Å². The third kappa shape index (κ3) is 22.7. The SMILES string of the molecule is C=COC(=O)CCC.C=COC(=O)CCCCCCCCCCC. The summed E-state index contributed by atoms with van der Waals surface area (Å²) in [6, 6.07) is 0. The molecule has 0 aromatic carbocycles. The largest absolute Gasteiger partial charge is 0.435 e. The summed E-state index contributed by atoms with van der Waals surface area (Å²) in [7, 11) is 0. The molecule has 0 rings (SSSR count). The Kier molecular flexibility index (Phi) is 22.0. The minimum Gasteiger partial charge on any atom is -0.435 e. The third-order valence-electron chi connectivity index (χ3n) is 3.37. The van der Waals surface area contributed by atoms with Crippen LogP contribution in [0.2, 0.25) is 0 Å². The fourth-order valence-corrected chi connectivity index (χ4v) is 2.09. The summed E-state index contributed by atoms with van der Waals surface area (Å²) in [6.07, 6.45) is 15.6. The molecule has 0 unspecified atom stereocenters. The summed E-state index contributed by atoms with van der Waals surface area (Å²) in [5, 5.41) is 0. The highest BCUT2D eigenvalue weighted by molar-refractivity contribution is 5.70. The molecule has 24 heavy (non-hydrogen) atoms. The number of rotatable bonds is 14. The zero-order chi connectivity index (χ0) is 18.5. The average molecular weight is 341 g/mol. The smallest absolute Gasteiger partial charge is 0.310 e. The Bertz CT molecular complexity index is 324. The zero-order valence-electron chi connectivity index (χ0n) is 15.7. The molecule has 0 radical (unpaired) electrons. The zero-order valence-corrected chi connectivity index (χ0v) is 15.7. The predicted octanol–water partition coefficient (Wildman–Crippen LogP) is 6.07. The second kappa shape index (κ2) is 21.4. The van der Waals surface area contributed by atoms with E-state index >= 15 is 0 Å². The van der Waals surface area contributed by atoms with Gasteiger partial charge in [-0.25, -0.2) is 0 Å². The Morgan fingerprint density at radius 1 is 0.667 bits per heavy atom. The first-order chi connectivity index (χ1) is 11.6. The normalized spacial score (nSPS) is 9.42. The number of carbonyl (C=O) groups is 2. The van der Waals surface area contributed by atoms with E-state index in [-0.39, 0.29) is 11.9 Å². The Morgan fingerprint density at radius 2 is 1.08 bits per heavy atom. The van der Waals surface area contributed by atoms with E-state index in [1.807, 2.05) is 6.92 Å². The fraction of sp³-hybridized carbons (Fsp3) is 0.700. The molecule has 0 aromatic heterocycles. The lowest BCUT2D eigenvalue weighted by Gasteiger charge is -2.01. The molecular weight excluding hydrogens is 304 g/mol. The number of esters is 2. The number of hydrogen-bond donors (Lipinski definition) is 0. The van der Waals surface area contributed by atoms with Crippen LogP contribution in [0.4, 0.5) is 0 Å². The monoisotopic (exact) mass is 340 g/mol. The molecule has 0 fully saturated rings. The van der Waals surface area contributed by atoms with Crippen LogP contribution in [0, 0.1) is 0 Å². The minimum absolute atomic E-state index is 0.155. The van der Waals surface area contributed by atoms with E-state index in [9.17, 15) is 9.59 Å². The van der Waals surface area contributed by atoms with Gasteiger partial charge in [0.1, 0.15) is 0 Å². The topological polar surface area (TPSA) is 52.6 Å². The number of carbonyl (C=O) groups excluding carboxylic acids is 2. The standard InChI is InChI=1S/C14H26O2.C6H10O2/c1-3-5-6-7-8-9-10-11-12-13-14(15)16-4-2;1-3-5-6(7)8-4-2/h4H,2-3,5-13H2,1H3;4H,2-3,5H2,1H3. The summed E-state index contributed by atoms with van der Waals surface area (Å²) in [4.78, 5) is 21.3. The van der Waals surface area contributed by atoms with Crippen LogP contribution in [0.25, 0.3) is 0 Å². The molecule has 140 valence electrons. The van der Waals surface area contributed by atoms with Gasteiger partial charge in [-0.05, 0) is 12.8 Å². The molecular formula is C20H36O4. The van der Waals surface area contributed by atoms with E-state index < -0.39 is 0 Å². The first-order valence-corrected chi connectivity index (χ1v) is 9.23. The molecule has 0 aliphatic heterocycles. The lowest BCUT2D eigenvalue weighted by atomic mass is 10.1. The van der Waals surface area contributed by atoms with E-state index in [1.54, 1.807) is 0 Å². The van der Waals surface area contributed by atoms with Gasteiger partial charge in [0.05, 0.1) is 12.5 Å². The predicted molar refractivity (Wildman–Crippen MR) is 99.3 cm³/mol. The fourth-order valence-electron chi connectivity index (χ4n) is 2.09. The van der Waals surface area contributed by atoms with Crippen molar-refractivity contribution in [2.24, 2.45) is 0 Å². The Hall–Kier alpha value is -1.58. The van der Waals surface area contributed by atoms with Gasteiger partial charge in [-0.1, -0.05) is 78.4 Å². The molecule has 0 amide bonds. The number of unbranched alkanes of at least 4 members (excludes halogenated alkanes) is 8. The van der Waals surface area contributed by atoms with E-state index in [4.69, 9.17) is 0 Å². The summed E-state index contributed by atoms with van der Waals surface area (Å²) in [6.45, 7) is 10.8. The van der Waals surface area contributed by atoms with Crippen LogP contribution >= 0.6 is 0 Å². The molecule has 0 spiro atoms. The molecule has 0 atom stereocenters. The summed E-state index contributed by atoms with van der Waals surface area (Å²) in [5.41, 5.74) is 0. The molecule has 0 aliphatic carbocycles. The second-order valence-corrected chi connectivity index (χ2v) is 5.64. The van der Waals surface area contributed by atoms with Crippen molar-refractivity contribution in [2.75, 3.05) is 0 Å². The van der Waals surface area contributed by atoms with Crippen molar-refractivity contribution in [3.05, 3.63) is 25.7 Å². The Morgan fingerprint density at radius 3 is 1.50 bits per heavy atom. The van der Waals surface area contributed by atoms with Gasteiger partial charge in [-0.2, -0.15) is 0 Å². The van der Waals surface area contributed by atoms with Crippen molar-refractivity contribution in [1.29, 1.82) is 0 Å². The van der Waals surface area contributed by atoms with Crippen LogP contribution < -0.4 is 0 Å². The van der Waals surface area contributed by atoms with Gasteiger partial charge in [-0.15, -0.1) is 0 Å². The van der Waals surface area contributed by atoms with Crippen molar-refractivity contribution in [3.63, 3.8) is 0 Å². The van der Waals surface area contributed by atoms with Gasteiger partial charge in [0.15, 0.2) is 0 Å². The molecule has 0 N–H and O–H groups in total. The third-order valence-corrected chi connectivity index (χ3v) is 3.37. The van der Waals surface area contributed by atoms with Crippen LogP contribution in [-0.2, 0) is 19.1 Å². The van der Waals surface area contributed by atoms with Gasteiger partial charge in [0.2, 0.25) is 0 Å². The van der Waals surface area contributed by atoms with Crippen molar-refractivity contribution < 1.29 is 19.1 Å². The van der Waals surface area contributed by atoms with Gasteiger partial charge in [-0.3, -0.25) is 9.59 Å². The van der Waals surface area contributed by atoms with Crippen LogP contribution in [0.3, 0.4) is 0 Å². The maximum Gasteiger partial charge on any atom is 0.310 e. The van der Waals surface area contributed by atoms with Crippen molar-refractivity contribution >= 4 is 11.9 Å². The first-order valence-electron chi connectivity index (χ1n) is 9.23. The molecule has 0 heterocycles. The Labute approximate surface area is 148 Å². The van der Waals surface area contributed by atoms with E-state index in [0.717, 1.165) is 25.5 Å². The molecule has 4 heteroatoms. The van der Waals surface area contributed by atoms with Gasteiger partial charge >= 0.3 is 11.9 Å². The summed E-state index contributed by atoms with van der Waals surface area (Å²) >= 11 is 0. The van der Waals surface area contributed by atoms with Gasteiger partial charge < -0.3 is 9.47 Å². The highest BCUT2D eigenvalue weighted by Gasteiger charge is 1.99. The van der Waals surface area contributed by atoms with Crippen LogP contribution in [-0.4, -0.2) is 11.9 Å². The summed E-state index contributed by atoms with van der Waals surface area (Å²) in [5.74, 6) is -0.361. The van der Waals surface area contributed by atoms with Gasteiger partial charge in [0, 0.05) is 12.8 Å². The maximum absolute atomic E-state index is 11.0. The number of hydrogen-bond acceptors (Lipinski definition) is 4. The van der Waals surface area contributed by atoms with Crippen molar-refractivity contribution in [3.8, 4) is 0 Å². The highest BCUT2D eigenvalue weighted by atomic mass is 16.5. The van der Waals surface area contributed by atoms with E-state index in [0.29, 0.717) is 12.8 Å². The molecule has 0 bridgehead atoms. The lowest BCUT2D eigenvalue weighted by Crippen LogP contribution is -1.98. The first kappa shape index (κ1) is 24.7. The highest BCUT2D eigenvalue weighted by Crippen LogP contribution is 2.10. The lowest BCUT2D eigenvalue weighted by molar-refractivity contribution is -0.139. The van der Waals surface area contributed by atoms with E-state index in [1.165, 1.54) is 51.2 Å². The van der Waals surface area contributed by atoms with Gasteiger partial charge in [0.25, 0.3) is 0 Å². The molecule has 0 aliphatic rings. The quantitative estimate of drug-likeness (QED) is 0.219. The van der Waals surface area contributed by atoms with Crippen LogP contribution in [0.5, 0.6) is 0 Å². The molecule has 0 aromatic rings. The number of ether oxygens (including phenoxy) is 2. The maximum atomic E-state index is 11.0.